The Balaban J connectivity index is 1.98. The molecule has 1 aromatic carbocycles. The number of nitrogens with one attached hydrogen (secondary N) is 2. The minimum Gasteiger partial charge on any atom is -0.361 e. The van der Waals surface area contributed by atoms with Gasteiger partial charge in [0.15, 0.2) is 0 Å². The van der Waals surface area contributed by atoms with E-state index in [1.165, 1.54) is 34.9 Å². The monoisotopic (exact) mass is 212 g/mol. The molecule has 1 saturated carbocycles. The van der Waals surface area contributed by atoms with Crippen LogP contribution in [-0.2, 0) is 6.42 Å². The molecule has 2 heteroatoms. The predicted octanol–water partition coefficient (Wildman–Crippen LogP) is 2.76. The van der Waals surface area contributed by atoms with Gasteiger partial charge in [-0.1, -0.05) is 12.1 Å². The van der Waals surface area contributed by atoms with Crippen LogP contribution in [0.25, 0.3) is 10.9 Å². The van der Waals surface area contributed by atoms with E-state index < -0.39 is 0 Å². The lowest BCUT2D eigenvalue weighted by molar-refractivity contribution is 0.493. The van der Waals surface area contributed by atoms with Gasteiger partial charge in [0.1, 0.15) is 0 Å². The van der Waals surface area contributed by atoms with Gasteiger partial charge >= 0.3 is 0 Å². The molecule has 0 spiro atoms. The van der Waals surface area contributed by atoms with E-state index in [9.17, 15) is 0 Å². The van der Waals surface area contributed by atoms with Gasteiger partial charge in [-0.3, -0.25) is 0 Å². The summed E-state index contributed by atoms with van der Waals surface area (Å²) in [6.45, 7) is 1.12. The first-order valence-corrected chi connectivity index (χ1v) is 6.26. The summed E-state index contributed by atoms with van der Waals surface area (Å²) < 4.78 is 0. The van der Waals surface area contributed by atoms with Gasteiger partial charge < -0.3 is 10.3 Å². The number of aromatic amines is 1. The lowest BCUT2D eigenvalue weighted by atomic mass is 9.99. The summed E-state index contributed by atoms with van der Waals surface area (Å²) in [5, 5.41) is 5.21. The van der Waals surface area contributed by atoms with Crippen LogP contribution >= 0.6 is 0 Å². The summed E-state index contributed by atoms with van der Waals surface area (Å²) in [5.41, 5.74) is 4.32. The highest BCUT2D eigenvalue weighted by atomic mass is 14.9. The largest absolute Gasteiger partial charge is 0.361 e. The van der Waals surface area contributed by atoms with Crippen molar-refractivity contribution in [3.63, 3.8) is 0 Å². The normalized spacial score (nSPS) is 24.6. The average molecular weight is 212 g/mol. The Hall–Kier alpha value is -1.28. The lowest BCUT2D eigenvalue weighted by Crippen LogP contribution is -2.23. The SMILES string of the molecule is c1cc2c3c(c[nH]c3c1)C(C1CC1)NCC2. The molecule has 4 rings (SSSR count). The summed E-state index contributed by atoms with van der Waals surface area (Å²) in [4.78, 5) is 3.42. The van der Waals surface area contributed by atoms with Crippen molar-refractivity contribution in [3.8, 4) is 0 Å². The van der Waals surface area contributed by atoms with Crippen molar-refractivity contribution in [1.82, 2.24) is 10.3 Å². The minimum atomic E-state index is 0.595. The molecular weight excluding hydrogens is 196 g/mol. The highest BCUT2D eigenvalue weighted by Gasteiger charge is 2.34. The second kappa shape index (κ2) is 3.11. The molecule has 1 aromatic heterocycles. The molecule has 82 valence electrons. The van der Waals surface area contributed by atoms with Crippen LogP contribution in [0.2, 0.25) is 0 Å². The third-order valence-electron chi connectivity index (χ3n) is 4.01. The molecule has 2 heterocycles. The van der Waals surface area contributed by atoms with E-state index >= 15 is 0 Å². The maximum absolute atomic E-state index is 3.72. The van der Waals surface area contributed by atoms with Crippen LogP contribution in [0.3, 0.4) is 0 Å². The molecule has 16 heavy (non-hydrogen) atoms. The second-order valence-corrected chi connectivity index (χ2v) is 5.10. The zero-order chi connectivity index (χ0) is 10.5. The van der Waals surface area contributed by atoms with Gasteiger partial charge in [-0.15, -0.1) is 0 Å². The van der Waals surface area contributed by atoms with Gasteiger partial charge in [0.05, 0.1) is 0 Å². The summed E-state index contributed by atoms with van der Waals surface area (Å²) in [5.74, 6) is 0.880. The van der Waals surface area contributed by atoms with Gasteiger partial charge in [0.25, 0.3) is 0 Å². The quantitative estimate of drug-likeness (QED) is 0.747. The molecule has 1 aliphatic carbocycles. The Labute approximate surface area is 95.1 Å². The Kier molecular flexibility index (Phi) is 1.71. The van der Waals surface area contributed by atoms with Crippen LogP contribution < -0.4 is 5.32 Å². The Morgan fingerprint density at radius 2 is 2.12 bits per heavy atom. The number of hydrogen-bond acceptors (Lipinski definition) is 1. The zero-order valence-electron chi connectivity index (χ0n) is 9.29. The minimum absolute atomic E-state index is 0.595. The smallest absolute Gasteiger partial charge is 0.0460 e. The summed E-state index contributed by atoms with van der Waals surface area (Å²) >= 11 is 0. The van der Waals surface area contributed by atoms with Crippen molar-refractivity contribution in [1.29, 1.82) is 0 Å². The molecule has 1 atom stereocenters. The van der Waals surface area contributed by atoms with Gasteiger partial charge in [-0.25, -0.2) is 0 Å². The van der Waals surface area contributed by atoms with E-state index in [4.69, 9.17) is 0 Å². The first-order valence-electron chi connectivity index (χ1n) is 6.26. The van der Waals surface area contributed by atoms with E-state index in [1.54, 1.807) is 0 Å². The van der Waals surface area contributed by atoms with Gasteiger partial charge in [-0.2, -0.15) is 0 Å². The van der Waals surface area contributed by atoms with Crippen LogP contribution in [0, 0.1) is 5.92 Å². The van der Waals surface area contributed by atoms with Crippen molar-refractivity contribution < 1.29 is 0 Å². The standard InChI is InChI=1S/C14H16N2/c1-2-9-6-7-15-14(10-4-5-10)11-8-16-12(3-1)13(9)11/h1-3,8,10,14-16H,4-7H2. The summed E-state index contributed by atoms with van der Waals surface area (Å²) in [7, 11) is 0. The molecule has 2 N–H and O–H groups in total. The maximum atomic E-state index is 3.72. The molecule has 0 radical (unpaired) electrons. The average Bonchev–Trinajstić information content (AvgIpc) is 3.05. The molecule has 2 nitrogen and oxygen atoms in total. The Morgan fingerprint density at radius 3 is 3.00 bits per heavy atom. The fraction of sp³-hybridized carbons (Fsp3) is 0.429. The number of H-pyrrole nitrogens is 1. The third-order valence-corrected chi connectivity index (χ3v) is 4.01. The van der Waals surface area contributed by atoms with Crippen molar-refractivity contribution in [2.24, 2.45) is 5.92 Å². The molecule has 0 bridgehead atoms. The van der Waals surface area contributed by atoms with E-state index in [0.717, 1.165) is 18.9 Å². The molecule has 1 aliphatic heterocycles. The molecule has 1 unspecified atom stereocenters. The Bertz CT molecular complexity index is 537. The Morgan fingerprint density at radius 1 is 1.19 bits per heavy atom. The first kappa shape index (κ1) is 8.82. The van der Waals surface area contributed by atoms with Gasteiger partial charge in [0.2, 0.25) is 0 Å². The molecule has 2 aromatic rings. The highest BCUT2D eigenvalue weighted by molar-refractivity contribution is 5.87. The van der Waals surface area contributed by atoms with Crippen molar-refractivity contribution in [2.45, 2.75) is 25.3 Å². The second-order valence-electron chi connectivity index (χ2n) is 5.10. The lowest BCUT2D eigenvalue weighted by Gasteiger charge is -2.14. The number of rotatable bonds is 1. The van der Waals surface area contributed by atoms with Gasteiger partial charge in [0, 0.05) is 23.1 Å². The van der Waals surface area contributed by atoms with Crippen LogP contribution in [-0.4, -0.2) is 11.5 Å². The van der Waals surface area contributed by atoms with E-state index in [-0.39, 0.29) is 0 Å². The topological polar surface area (TPSA) is 27.8 Å². The van der Waals surface area contributed by atoms with Crippen LogP contribution in [0.4, 0.5) is 0 Å². The molecule has 1 fully saturated rings. The third kappa shape index (κ3) is 1.17. The number of aromatic nitrogens is 1. The molecular formula is C14H16N2. The summed E-state index contributed by atoms with van der Waals surface area (Å²) in [6, 6.07) is 7.22. The summed E-state index contributed by atoms with van der Waals surface area (Å²) in [6.07, 6.45) is 6.17. The van der Waals surface area contributed by atoms with E-state index in [1.807, 2.05) is 0 Å². The van der Waals surface area contributed by atoms with E-state index in [2.05, 4.69) is 34.7 Å². The molecule has 2 aliphatic rings. The fourth-order valence-electron chi connectivity index (χ4n) is 3.07. The van der Waals surface area contributed by atoms with Crippen molar-refractivity contribution in [2.75, 3.05) is 6.54 Å². The van der Waals surface area contributed by atoms with Crippen LogP contribution in [0.5, 0.6) is 0 Å². The van der Waals surface area contributed by atoms with Crippen molar-refractivity contribution in [3.05, 3.63) is 35.5 Å². The van der Waals surface area contributed by atoms with E-state index in [0.29, 0.717) is 6.04 Å². The highest BCUT2D eigenvalue weighted by Crippen LogP contribution is 2.44. The fourth-order valence-corrected chi connectivity index (χ4v) is 3.07. The van der Waals surface area contributed by atoms with Crippen LogP contribution in [0.15, 0.2) is 24.4 Å². The van der Waals surface area contributed by atoms with Crippen LogP contribution in [0.1, 0.15) is 30.0 Å². The predicted molar refractivity (Wildman–Crippen MR) is 65.5 cm³/mol. The number of benzene rings is 1. The first-order chi connectivity index (χ1) is 7.93. The van der Waals surface area contributed by atoms with Crippen molar-refractivity contribution >= 4 is 10.9 Å². The van der Waals surface area contributed by atoms with Gasteiger partial charge in [-0.05, 0) is 48.9 Å². The zero-order valence-corrected chi connectivity index (χ0v) is 9.29. The molecule has 0 saturated heterocycles. The maximum Gasteiger partial charge on any atom is 0.0460 e. The molecule has 0 amide bonds. The number of hydrogen-bond donors (Lipinski definition) is 2.